The first kappa shape index (κ1) is 55.1. The minimum Gasteiger partial charge on any atom is -0.393 e. The molecule has 392 valence electrons. The average molecular weight is 1090 g/mol. The predicted molar refractivity (Wildman–Crippen MR) is 289 cm³/mol. The van der Waals surface area contributed by atoms with Crippen molar-refractivity contribution in [2.24, 2.45) is 11.8 Å². The van der Waals surface area contributed by atoms with Crippen LogP contribution in [-0.2, 0) is 39.6 Å². The molecule has 0 bridgehead atoms. The number of nitrogens with zero attached hydrogens (tertiary/aromatic N) is 12. The number of fused-ring (bicyclic) bond motifs is 6. The minimum atomic E-state index is -1.11. The van der Waals surface area contributed by atoms with E-state index in [2.05, 4.69) is 135 Å². The number of aliphatic hydroxyl groups is 1. The van der Waals surface area contributed by atoms with Gasteiger partial charge in [-0.05, 0) is 75.6 Å². The molecule has 0 radical (unpaired) electrons. The molecule has 2 saturated carbocycles. The zero-order valence-electron chi connectivity index (χ0n) is 43.2. The molecule has 2 fully saturated rings. The smallest absolute Gasteiger partial charge is 0.179 e. The summed E-state index contributed by atoms with van der Waals surface area (Å²) >= 11 is 3.25. The first-order valence-electron chi connectivity index (χ1n) is 25.3. The molecule has 1 N–H and O–H groups in total. The van der Waals surface area contributed by atoms with Crippen LogP contribution in [-0.4, -0.2) is 105 Å². The molecular weight excluding hydrogens is 1010 g/mol. The van der Waals surface area contributed by atoms with Gasteiger partial charge in [0.2, 0.25) is 0 Å². The molecule has 8 aromatic heterocycles. The Morgan fingerprint density at radius 2 is 1.17 bits per heavy atom. The molecule has 18 nitrogen and oxygen atoms in total. The Balaban J connectivity index is 0.000000184. The van der Waals surface area contributed by atoms with Crippen LogP contribution in [0.3, 0.4) is 0 Å². The fraction of sp³-hybridized carbons (Fsp3) is 0.608. The third-order valence-electron chi connectivity index (χ3n) is 13.8. The second kappa shape index (κ2) is 24.1. The number of rotatable bonds is 18. The first-order chi connectivity index (χ1) is 34.0. The Labute approximate surface area is 433 Å². The third kappa shape index (κ3) is 13.4. The van der Waals surface area contributed by atoms with Gasteiger partial charge in [0.05, 0.1) is 47.9 Å². The number of ether oxygens (including phenoxy) is 3. The van der Waals surface area contributed by atoms with Gasteiger partial charge >= 0.3 is 0 Å². The average Bonchev–Trinajstić information content (AvgIpc) is 4.20. The number of hydrogen-bond acceptors (Lipinski definition) is 14. The lowest BCUT2D eigenvalue weighted by Crippen LogP contribution is -2.22. The van der Waals surface area contributed by atoms with Crippen molar-refractivity contribution in [3.63, 3.8) is 0 Å². The highest BCUT2D eigenvalue weighted by molar-refractivity contribution is 9.08. The van der Waals surface area contributed by atoms with Crippen molar-refractivity contribution in [2.45, 2.75) is 174 Å². The summed E-state index contributed by atoms with van der Waals surface area (Å²) in [6, 6.07) is 10.3. The molecule has 0 spiro atoms. The molecule has 10 rings (SSSR count). The molecule has 6 atom stereocenters. The highest BCUT2D eigenvalue weighted by Gasteiger charge is 2.39. The van der Waals surface area contributed by atoms with Crippen LogP contribution in [0, 0.1) is 25.7 Å². The van der Waals surface area contributed by atoms with Gasteiger partial charge in [0.25, 0.3) is 0 Å². The van der Waals surface area contributed by atoms with E-state index >= 15 is 0 Å². The SMILES string of the molecule is C.CCC1CC(O)CC1c1nnc2cnc3c(ccn3COCC[Si](C)(C)C)n12.CCC1CC(OCc2cc(C)on2)CC1c1nnc2cnc3c(ccn3COCC[Si](C)(C)C)n12.Cc1cc(CBr)no1. The van der Waals surface area contributed by atoms with Gasteiger partial charge in [0.1, 0.15) is 42.3 Å². The molecule has 72 heavy (non-hydrogen) atoms. The lowest BCUT2D eigenvalue weighted by Gasteiger charge is -2.16. The second-order valence-electron chi connectivity index (χ2n) is 21.8. The maximum atomic E-state index is 10.2. The van der Waals surface area contributed by atoms with Crippen LogP contribution < -0.4 is 0 Å². The van der Waals surface area contributed by atoms with Crippen molar-refractivity contribution in [1.82, 2.24) is 58.6 Å². The second-order valence-corrected chi connectivity index (χ2v) is 33.6. The van der Waals surface area contributed by atoms with Gasteiger partial charge in [-0.2, -0.15) is 0 Å². The standard InChI is InChI=1S/C25H36N6O3Si.C20H31N5O2Si.C5H6BrNO.CH4/c1-6-18-12-20(33-15-19-11-17(2)34-29-19)13-21(18)24-28-27-23-14-26-25-22(31(23)24)7-8-30(25)16-32-9-10-35(3,4)5;1-5-14-10-15(26)11-16(14)19-23-22-18-12-21-20-17(25(18)19)6-7-24(20)13-27-8-9-28(2,3)4;1-4-2-5(3-6)7-8-4;/h7-8,11,14,18,20-21H,6,9-10,12-13,15-16H2,1-5H3;6-7,12,14-16,26H,5,8-11,13H2,1-4H3;2H,3H2,1H3;1H4. The molecule has 0 aromatic carbocycles. The molecule has 2 aliphatic rings. The summed E-state index contributed by atoms with van der Waals surface area (Å²) in [5.74, 6) is 5.06. The van der Waals surface area contributed by atoms with Crippen LogP contribution in [0.15, 0.2) is 58.1 Å². The molecule has 8 heterocycles. The fourth-order valence-corrected chi connectivity index (χ4v) is 11.6. The molecule has 6 unspecified atom stereocenters. The maximum Gasteiger partial charge on any atom is 0.179 e. The summed E-state index contributed by atoms with van der Waals surface area (Å²) in [6.07, 6.45) is 13.2. The van der Waals surface area contributed by atoms with E-state index < -0.39 is 16.1 Å². The summed E-state index contributed by atoms with van der Waals surface area (Å²) in [5, 5.41) is 36.7. The summed E-state index contributed by atoms with van der Waals surface area (Å²) < 4.78 is 36.5. The number of alkyl halides is 1. The molecular formula is C51H77BrN12O6Si2. The Kier molecular flexibility index (Phi) is 18.5. The van der Waals surface area contributed by atoms with E-state index in [9.17, 15) is 5.11 Å². The zero-order chi connectivity index (χ0) is 50.5. The Morgan fingerprint density at radius 3 is 1.61 bits per heavy atom. The summed E-state index contributed by atoms with van der Waals surface area (Å²) in [5.41, 5.74) is 7.13. The number of aliphatic hydroxyl groups excluding tert-OH is 1. The van der Waals surface area contributed by atoms with Crippen molar-refractivity contribution in [3.05, 3.63) is 83.6 Å². The van der Waals surface area contributed by atoms with E-state index in [1.165, 1.54) is 0 Å². The Morgan fingerprint density at radius 1 is 0.681 bits per heavy atom. The normalized spacial score (nSPS) is 20.3. The van der Waals surface area contributed by atoms with Gasteiger partial charge in [-0.15, -0.1) is 20.4 Å². The van der Waals surface area contributed by atoms with Crippen LogP contribution in [0.4, 0.5) is 0 Å². The summed E-state index contributed by atoms with van der Waals surface area (Å²) in [4.78, 5) is 9.29. The van der Waals surface area contributed by atoms with E-state index in [1.807, 2.05) is 49.1 Å². The number of aromatic nitrogens is 12. The van der Waals surface area contributed by atoms with E-state index in [-0.39, 0.29) is 31.5 Å². The van der Waals surface area contributed by atoms with Gasteiger partial charge in [0, 0.05) is 71.1 Å². The highest BCUT2D eigenvalue weighted by atomic mass is 79.9. The quantitative estimate of drug-likeness (QED) is 0.0484. The van der Waals surface area contributed by atoms with E-state index in [0.29, 0.717) is 31.9 Å². The van der Waals surface area contributed by atoms with Crippen LogP contribution in [0.5, 0.6) is 0 Å². The number of aryl methyl sites for hydroxylation is 2. The maximum absolute atomic E-state index is 10.2. The summed E-state index contributed by atoms with van der Waals surface area (Å²) in [7, 11) is -2.20. The Hall–Kier alpha value is -4.65. The van der Waals surface area contributed by atoms with Crippen molar-refractivity contribution in [1.29, 1.82) is 0 Å². The molecule has 0 amide bonds. The molecule has 0 aliphatic heterocycles. The van der Waals surface area contributed by atoms with Gasteiger partial charge in [-0.25, -0.2) is 9.97 Å². The molecule has 2 aliphatic carbocycles. The van der Waals surface area contributed by atoms with Crippen molar-refractivity contribution in [2.75, 3.05) is 13.2 Å². The molecule has 0 saturated heterocycles. The molecule has 21 heteroatoms. The molecule has 8 aromatic rings. The topological polar surface area (TPSA) is 196 Å². The van der Waals surface area contributed by atoms with E-state index in [1.54, 1.807) is 6.20 Å². The van der Waals surface area contributed by atoms with Gasteiger partial charge in [-0.3, -0.25) is 8.80 Å². The first-order valence-corrected chi connectivity index (χ1v) is 33.8. The number of halogens is 1. The Bertz CT molecular complexity index is 2970. The lowest BCUT2D eigenvalue weighted by atomic mass is 9.93. The predicted octanol–water partition coefficient (Wildman–Crippen LogP) is 11.3. The largest absolute Gasteiger partial charge is 0.393 e. The highest BCUT2D eigenvalue weighted by Crippen LogP contribution is 2.43. The van der Waals surface area contributed by atoms with Crippen LogP contribution in [0.25, 0.3) is 33.6 Å². The van der Waals surface area contributed by atoms with Crippen LogP contribution >= 0.6 is 15.9 Å². The lowest BCUT2D eigenvalue weighted by molar-refractivity contribution is 0.0390. The van der Waals surface area contributed by atoms with E-state index in [0.717, 1.165) is 137 Å². The monoisotopic (exact) mass is 1090 g/mol. The minimum absolute atomic E-state index is 0. The van der Waals surface area contributed by atoms with Gasteiger partial charge in [0.15, 0.2) is 22.6 Å². The summed E-state index contributed by atoms with van der Waals surface area (Å²) in [6.45, 7) is 25.4. The van der Waals surface area contributed by atoms with Crippen LogP contribution in [0.1, 0.15) is 106 Å². The van der Waals surface area contributed by atoms with Crippen molar-refractivity contribution in [3.8, 4) is 0 Å². The van der Waals surface area contributed by atoms with Crippen molar-refractivity contribution < 1.29 is 28.4 Å². The number of hydrogen-bond donors (Lipinski definition) is 1. The van der Waals surface area contributed by atoms with Gasteiger partial charge < -0.3 is 37.5 Å². The zero-order valence-corrected chi connectivity index (χ0v) is 46.8. The fourth-order valence-electron chi connectivity index (χ4n) is 9.83. The third-order valence-corrected chi connectivity index (χ3v) is 17.8. The van der Waals surface area contributed by atoms with Gasteiger partial charge in [-0.1, -0.05) is 99.6 Å². The van der Waals surface area contributed by atoms with E-state index in [4.69, 9.17) is 23.3 Å². The van der Waals surface area contributed by atoms with Crippen LogP contribution in [0.2, 0.25) is 51.4 Å². The van der Waals surface area contributed by atoms with Crippen molar-refractivity contribution >= 4 is 65.7 Å².